The smallest absolute Gasteiger partial charge is 0.237 e. The van der Waals surface area contributed by atoms with E-state index >= 15 is 0 Å². The quantitative estimate of drug-likeness (QED) is 0.686. The molecule has 164 valence electrons. The summed E-state index contributed by atoms with van der Waals surface area (Å²) in [7, 11) is -3.65. The number of benzene rings is 2. The van der Waals surface area contributed by atoms with Gasteiger partial charge in [0.2, 0.25) is 11.8 Å². The van der Waals surface area contributed by atoms with Gasteiger partial charge in [-0.15, -0.1) is 11.8 Å². The number of rotatable bonds is 6. The highest BCUT2D eigenvalue weighted by Crippen LogP contribution is 2.38. The number of nitrogens with one attached hydrogen (secondary N) is 2. The van der Waals surface area contributed by atoms with Gasteiger partial charge in [0.05, 0.1) is 27.6 Å². The molecule has 0 bridgehead atoms. The lowest BCUT2D eigenvalue weighted by Gasteiger charge is -2.26. The number of hydrogen-bond acceptors (Lipinski definition) is 5. The largest absolute Gasteiger partial charge is 0.349 e. The Balaban J connectivity index is 1.40. The molecular formula is C23H26N2O4S2. The van der Waals surface area contributed by atoms with Crippen LogP contribution in [0.2, 0.25) is 0 Å². The van der Waals surface area contributed by atoms with Crippen molar-refractivity contribution in [2.24, 2.45) is 0 Å². The predicted octanol–water partition coefficient (Wildman–Crippen LogP) is 3.87. The first-order chi connectivity index (χ1) is 14.9. The first kappa shape index (κ1) is 21.9. The molecule has 6 nitrogen and oxygen atoms in total. The summed E-state index contributed by atoms with van der Waals surface area (Å²) in [5.41, 5.74) is 2.88. The number of aryl methyl sites for hydroxylation is 1. The third-order valence-corrected chi connectivity index (χ3v) is 8.96. The van der Waals surface area contributed by atoms with E-state index in [2.05, 4.69) is 16.7 Å². The van der Waals surface area contributed by atoms with E-state index in [1.807, 2.05) is 25.1 Å². The highest BCUT2D eigenvalue weighted by atomic mass is 32.2. The number of hydrogen-bond donors (Lipinski definition) is 2. The van der Waals surface area contributed by atoms with E-state index in [9.17, 15) is 18.0 Å². The van der Waals surface area contributed by atoms with Crippen molar-refractivity contribution in [1.82, 2.24) is 5.32 Å². The fourth-order valence-electron chi connectivity index (χ4n) is 4.11. The lowest BCUT2D eigenvalue weighted by atomic mass is 9.88. The van der Waals surface area contributed by atoms with Crippen molar-refractivity contribution in [2.45, 2.75) is 60.1 Å². The fraction of sp³-hybridized carbons (Fsp3) is 0.391. The molecule has 2 aromatic rings. The zero-order valence-corrected chi connectivity index (χ0v) is 19.0. The first-order valence-corrected chi connectivity index (χ1v) is 13.1. The number of thioether (sulfide) groups is 1. The van der Waals surface area contributed by atoms with Crippen LogP contribution >= 0.6 is 11.8 Å². The standard InChI is InChI=1S/C23H26N2O4S2/c1-2-20-23(27)25-19-14-16(10-11-21(19)30-20)31(28,29)13-12-22(26)24-18-9-5-7-15-6-3-4-8-17(15)18/h3-4,6,8,10-11,14,18,20H,2,5,7,9,12-13H2,1H3,(H,24,26)(H,25,27)/t18-,20-/m0/s1. The molecule has 0 saturated heterocycles. The Hall–Kier alpha value is -2.32. The molecule has 2 aliphatic rings. The van der Waals surface area contributed by atoms with E-state index in [0.717, 1.165) is 29.7 Å². The van der Waals surface area contributed by atoms with Crippen molar-refractivity contribution in [3.63, 3.8) is 0 Å². The van der Waals surface area contributed by atoms with E-state index in [-0.39, 0.29) is 40.2 Å². The van der Waals surface area contributed by atoms with Crippen LogP contribution in [0.25, 0.3) is 0 Å². The van der Waals surface area contributed by atoms with E-state index in [4.69, 9.17) is 0 Å². The minimum atomic E-state index is -3.65. The average Bonchev–Trinajstić information content (AvgIpc) is 2.77. The van der Waals surface area contributed by atoms with Crippen LogP contribution in [0.1, 0.15) is 49.8 Å². The van der Waals surface area contributed by atoms with Crippen molar-refractivity contribution >= 4 is 39.1 Å². The molecule has 8 heteroatoms. The van der Waals surface area contributed by atoms with Crippen molar-refractivity contribution in [2.75, 3.05) is 11.1 Å². The maximum absolute atomic E-state index is 12.8. The van der Waals surface area contributed by atoms with E-state index in [1.165, 1.54) is 23.4 Å². The molecule has 1 heterocycles. The van der Waals surface area contributed by atoms with E-state index < -0.39 is 9.84 Å². The van der Waals surface area contributed by atoms with Crippen molar-refractivity contribution in [1.29, 1.82) is 0 Å². The molecular weight excluding hydrogens is 432 g/mol. The van der Waals surface area contributed by atoms with Crippen molar-refractivity contribution < 1.29 is 18.0 Å². The minimum absolute atomic E-state index is 0.0670. The summed E-state index contributed by atoms with van der Waals surface area (Å²) in [4.78, 5) is 25.6. The monoisotopic (exact) mass is 458 g/mol. The van der Waals surface area contributed by atoms with Crippen LogP contribution in [0.3, 0.4) is 0 Å². The van der Waals surface area contributed by atoms with Crippen LogP contribution < -0.4 is 10.6 Å². The normalized spacial score (nSPS) is 20.4. The van der Waals surface area contributed by atoms with Crippen LogP contribution in [0, 0.1) is 0 Å². The van der Waals surface area contributed by atoms with Gasteiger partial charge < -0.3 is 10.6 Å². The third-order valence-electron chi connectivity index (χ3n) is 5.80. The Morgan fingerprint density at radius 1 is 1.23 bits per heavy atom. The van der Waals surface area contributed by atoms with Gasteiger partial charge in [0.15, 0.2) is 9.84 Å². The fourth-order valence-corrected chi connectivity index (χ4v) is 6.39. The summed E-state index contributed by atoms with van der Waals surface area (Å²) < 4.78 is 25.6. The van der Waals surface area contributed by atoms with Crippen molar-refractivity contribution in [3.8, 4) is 0 Å². The topological polar surface area (TPSA) is 92.3 Å². The molecule has 0 radical (unpaired) electrons. The maximum Gasteiger partial charge on any atom is 0.237 e. The second-order valence-corrected chi connectivity index (χ2v) is 11.3. The van der Waals surface area contributed by atoms with Gasteiger partial charge in [-0.05, 0) is 55.0 Å². The van der Waals surface area contributed by atoms with Gasteiger partial charge in [0.25, 0.3) is 0 Å². The zero-order valence-electron chi connectivity index (χ0n) is 17.4. The van der Waals surface area contributed by atoms with Gasteiger partial charge in [-0.25, -0.2) is 8.42 Å². The van der Waals surface area contributed by atoms with Gasteiger partial charge >= 0.3 is 0 Å². The van der Waals surface area contributed by atoms with Gasteiger partial charge in [0, 0.05) is 11.3 Å². The number of fused-ring (bicyclic) bond motifs is 2. The zero-order chi connectivity index (χ0) is 22.0. The number of sulfone groups is 1. The summed E-state index contributed by atoms with van der Waals surface area (Å²) >= 11 is 1.45. The molecule has 2 atom stereocenters. The molecule has 4 rings (SSSR count). The molecule has 1 aliphatic carbocycles. The number of carbonyl (C=O) groups excluding carboxylic acids is 2. The maximum atomic E-state index is 12.8. The Morgan fingerprint density at radius 3 is 2.84 bits per heavy atom. The Morgan fingerprint density at radius 2 is 2.03 bits per heavy atom. The average molecular weight is 459 g/mol. The SMILES string of the molecule is CC[C@@H]1Sc2ccc(S(=O)(=O)CCC(=O)N[C@H]3CCCc4ccccc43)cc2NC1=O. The molecule has 31 heavy (non-hydrogen) atoms. The number of anilines is 1. The highest BCUT2D eigenvalue weighted by Gasteiger charge is 2.27. The lowest BCUT2D eigenvalue weighted by Crippen LogP contribution is -2.32. The summed E-state index contributed by atoms with van der Waals surface area (Å²) in [6.45, 7) is 1.94. The second kappa shape index (κ2) is 9.04. The van der Waals surface area contributed by atoms with Crippen LogP contribution in [-0.4, -0.2) is 31.2 Å². The number of carbonyl (C=O) groups is 2. The van der Waals surface area contributed by atoms with Gasteiger partial charge in [-0.1, -0.05) is 31.2 Å². The molecule has 0 unspecified atom stereocenters. The van der Waals surface area contributed by atoms with Gasteiger partial charge in [-0.3, -0.25) is 9.59 Å². The Labute approximate surface area is 187 Å². The first-order valence-electron chi connectivity index (χ1n) is 10.6. The predicted molar refractivity (Wildman–Crippen MR) is 122 cm³/mol. The van der Waals surface area contributed by atoms with Crippen LogP contribution in [-0.2, 0) is 25.8 Å². The van der Waals surface area contributed by atoms with E-state index in [1.54, 1.807) is 12.1 Å². The molecule has 2 aromatic carbocycles. The van der Waals surface area contributed by atoms with Gasteiger partial charge in [0.1, 0.15) is 0 Å². The highest BCUT2D eigenvalue weighted by molar-refractivity contribution is 8.01. The minimum Gasteiger partial charge on any atom is -0.349 e. The Kier molecular flexibility index (Phi) is 6.39. The van der Waals surface area contributed by atoms with Gasteiger partial charge in [-0.2, -0.15) is 0 Å². The Bertz CT molecular complexity index is 1110. The third kappa shape index (κ3) is 4.80. The van der Waals surface area contributed by atoms with E-state index in [0.29, 0.717) is 12.1 Å². The lowest BCUT2D eigenvalue weighted by molar-refractivity contribution is -0.121. The van der Waals surface area contributed by atoms with Crippen LogP contribution in [0.15, 0.2) is 52.3 Å². The molecule has 1 aliphatic heterocycles. The summed E-state index contributed by atoms with van der Waals surface area (Å²) in [5.74, 6) is -0.649. The molecule has 0 spiro atoms. The number of amides is 2. The van der Waals surface area contributed by atoms with Crippen LogP contribution in [0.5, 0.6) is 0 Å². The molecule has 2 N–H and O–H groups in total. The van der Waals surface area contributed by atoms with Crippen molar-refractivity contribution in [3.05, 3.63) is 53.6 Å². The summed E-state index contributed by atoms with van der Waals surface area (Å²) in [6, 6.07) is 12.8. The molecule has 2 amide bonds. The second-order valence-electron chi connectivity index (χ2n) is 7.94. The van der Waals surface area contributed by atoms with Crippen LogP contribution in [0.4, 0.5) is 5.69 Å². The molecule has 0 saturated carbocycles. The molecule has 0 fully saturated rings. The molecule has 0 aromatic heterocycles. The summed E-state index contributed by atoms with van der Waals surface area (Å²) in [6.07, 6.45) is 3.46. The summed E-state index contributed by atoms with van der Waals surface area (Å²) in [5, 5.41) is 5.64.